The van der Waals surface area contributed by atoms with E-state index in [1.807, 2.05) is 26.0 Å². The van der Waals surface area contributed by atoms with Crippen LogP contribution in [0.15, 0.2) is 52.4 Å². The van der Waals surface area contributed by atoms with Gasteiger partial charge in [0, 0.05) is 6.04 Å². The van der Waals surface area contributed by atoms with Crippen molar-refractivity contribution in [3.05, 3.63) is 62.9 Å². The Hall–Kier alpha value is -2.02. The van der Waals surface area contributed by atoms with Crippen LogP contribution >= 0.6 is 35.0 Å². The Morgan fingerprint density at radius 2 is 1.86 bits per heavy atom. The molecule has 2 aromatic carbocycles. The molecule has 0 bridgehead atoms. The van der Waals surface area contributed by atoms with Crippen molar-refractivity contribution in [3.8, 4) is 0 Å². The van der Waals surface area contributed by atoms with E-state index < -0.39 is 0 Å². The van der Waals surface area contributed by atoms with Gasteiger partial charge in [0.15, 0.2) is 5.16 Å². The van der Waals surface area contributed by atoms with Crippen molar-refractivity contribution in [1.29, 1.82) is 0 Å². The van der Waals surface area contributed by atoms with Gasteiger partial charge in [0.25, 0.3) is 5.56 Å². The van der Waals surface area contributed by atoms with Gasteiger partial charge in [-0.1, -0.05) is 60.1 Å². The second-order valence-electron chi connectivity index (χ2n) is 6.28. The van der Waals surface area contributed by atoms with E-state index in [4.69, 9.17) is 23.2 Å². The monoisotopic (exact) mass is 435 g/mol. The van der Waals surface area contributed by atoms with Gasteiger partial charge in [0.1, 0.15) is 0 Å². The minimum absolute atomic E-state index is 0.0341. The summed E-state index contributed by atoms with van der Waals surface area (Å²) in [4.78, 5) is 30.0. The fourth-order valence-electron chi connectivity index (χ4n) is 2.72. The smallest absolute Gasteiger partial charge is 0.262 e. The zero-order valence-electron chi connectivity index (χ0n) is 15.4. The first-order valence-corrected chi connectivity index (χ1v) is 10.5. The van der Waals surface area contributed by atoms with Crippen molar-refractivity contribution in [1.82, 2.24) is 9.55 Å². The second-order valence-corrected chi connectivity index (χ2v) is 8.03. The number of carbonyl (C=O) groups excluding carboxylic acids is 1. The molecule has 0 aliphatic rings. The van der Waals surface area contributed by atoms with E-state index in [1.165, 1.54) is 11.8 Å². The van der Waals surface area contributed by atoms with Crippen LogP contribution in [0.1, 0.15) is 26.3 Å². The molecule has 1 amide bonds. The highest BCUT2D eigenvalue weighted by Gasteiger charge is 2.17. The third kappa shape index (κ3) is 4.35. The first-order valence-electron chi connectivity index (χ1n) is 8.80. The summed E-state index contributed by atoms with van der Waals surface area (Å²) in [6, 6.07) is 12.2. The van der Waals surface area contributed by atoms with Crippen LogP contribution < -0.4 is 10.9 Å². The highest BCUT2D eigenvalue weighted by Crippen LogP contribution is 2.30. The number of hydrogen-bond donors (Lipinski definition) is 1. The summed E-state index contributed by atoms with van der Waals surface area (Å²) in [5.74, 6) is -0.207. The Morgan fingerprint density at radius 3 is 2.54 bits per heavy atom. The molecule has 28 heavy (non-hydrogen) atoms. The molecule has 1 N–H and O–H groups in total. The number of carbonyl (C=O) groups is 1. The first-order chi connectivity index (χ1) is 13.4. The summed E-state index contributed by atoms with van der Waals surface area (Å²) in [6.45, 7) is 3.97. The zero-order chi connectivity index (χ0) is 20.3. The minimum Gasteiger partial charge on any atom is -0.323 e. The average molecular weight is 436 g/mol. The van der Waals surface area contributed by atoms with Gasteiger partial charge >= 0.3 is 0 Å². The third-order valence-corrected chi connectivity index (χ3v) is 5.95. The average Bonchev–Trinajstić information content (AvgIpc) is 2.69. The molecule has 0 fully saturated rings. The van der Waals surface area contributed by atoms with Crippen molar-refractivity contribution in [2.45, 2.75) is 31.5 Å². The Kier molecular flexibility index (Phi) is 6.65. The van der Waals surface area contributed by atoms with Gasteiger partial charge in [-0.2, -0.15) is 0 Å². The number of nitrogens with zero attached hydrogens (tertiary/aromatic N) is 2. The number of rotatable bonds is 6. The summed E-state index contributed by atoms with van der Waals surface area (Å²) in [5.41, 5.74) is 0.892. The number of para-hydroxylation sites is 2. The lowest BCUT2D eigenvalue weighted by molar-refractivity contribution is -0.113. The van der Waals surface area contributed by atoms with E-state index in [0.29, 0.717) is 31.8 Å². The molecule has 0 aliphatic heterocycles. The van der Waals surface area contributed by atoms with Crippen LogP contribution in [0.2, 0.25) is 10.0 Å². The van der Waals surface area contributed by atoms with Crippen molar-refractivity contribution < 1.29 is 4.79 Å². The molecule has 146 valence electrons. The fourth-order valence-corrected chi connectivity index (χ4v) is 4.11. The van der Waals surface area contributed by atoms with E-state index >= 15 is 0 Å². The molecule has 1 atom stereocenters. The molecule has 1 aromatic heterocycles. The maximum Gasteiger partial charge on any atom is 0.262 e. The number of aromatic nitrogens is 2. The molecule has 5 nitrogen and oxygen atoms in total. The number of amides is 1. The highest BCUT2D eigenvalue weighted by atomic mass is 35.5. The topological polar surface area (TPSA) is 64.0 Å². The summed E-state index contributed by atoms with van der Waals surface area (Å²) in [6.07, 6.45) is 0.773. The largest absolute Gasteiger partial charge is 0.323 e. The summed E-state index contributed by atoms with van der Waals surface area (Å²) >= 11 is 13.4. The van der Waals surface area contributed by atoms with Crippen LogP contribution in [-0.2, 0) is 4.79 Å². The Labute approximate surface area is 177 Å². The number of anilines is 1. The van der Waals surface area contributed by atoms with Gasteiger partial charge in [0.2, 0.25) is 5.91 Å². The predicted octanol–water partition coefficient (Wildman–Crippen LogP) is 5.41. The van der Waals surface area contributed by atoms with Crippen LogP contribution in [0.5, 0.6) is 0 Å². The van der Waals surface area contributed by atoms with Gasteiger partial charge in [-0.05, 0) is 37.6 Å². The zero-order valence-corrected chi connectivity index (χ0v) is 17.7. The molecule has 1 unspecified atom stereocenters. The Bertz CT molecular complexity index is 1060. The summed E-state index contributed by atoms with van der Waals surface area (Å²) < 4.78 is 1.66. The maximum atomic E-state index is 12.9. The first kappa shape index (κ1) is 20.7. The van der Waals surface area contributed by atoms with E-state index in [0.717, 1.165) is 6.42 Å². The van der Waals surface area contributed by atoms with Crippen molar-refractivity contribution in [2.24, 2.45) is 0 Å². The highest BCUT2D eigenvalue weighted by molar-refractivity contribution is 7.99. The number of nitrogens with one attached hydrogen (secondary N) is 1. The van der Waals surface area contributed by atoms with Crippen molar-refractivity contribution in [2.75, 3.05) is 11.1 Å². The molecular formula is C20H19Cl2N3O2S. The third-order valence-electron chi connectivity index (χ3n) is 4.37. The molecule has 8 heteroatoms. The number of thioether (sulfide) groups is 1. The fraction of sp³-hybridized carbons (Fsp3) is 0.250. The lowest BCUT2D eigenvalue weighted by atomic mass is 10.2. The molecule has 3 rings (SSSR count). The van der Waals surface area contributed by atoms with Crippen molar-refractivity contribution >= 4 is 57.5 Å². The Morgan fingerprint density at radius 1 is 1.18 bits per heavy atom. The SMILES string of the molecule is CCC(C)n1c(SCC(=O)Nc2c(Cl)cccc2Cl)nc2ccccc2c1=O. The lowest BCUT2D eigenvalue weighted by Crippen LogP contribution is -2.26. The number of hydrogen-bond acceptors (Lipinski definition) is 4. The second kappa shape index (κ2) is 8.99. The van der Waals surface area contributed by atoms with Gasteiger partial charge in [0.05, 0.1) is 32.4 Å². The van der Waals surface area contributed by atoms with Gasteiger partial charge in [-0.25, -0.2) is 4.98 Å². The van der Waals surface area contributed by atoms with Crippen molar-refractivity contribution in [3.63, 3.8) is 0 Å². The predicted molar refractivity (Wildman–Crippen MR) is 117 cm³/mol. The summed E-state index contributed by atoms with van der Waals surface area (Å²) in [5, 5.41) is 4.54. The van der Waals surface area contributed by atoms with Crippen LogP contribution in [0, 0.1) is 0 Å². The number of fused-ring (bicyclic) bond motifs is 1. The van der Waals surface area contributed by atoms with E-state index in [-0.39, 0.29) is 23.3 Å². The van der Waals surface area contributed by atoms with Gasteiger partial charge in [-0.15, -0.1) is 0 Å². The molecule has 0 saturated heterocycles. The minimum atomic E-state index is -0.280. The molecule has 0 aliphatic carbocycles. The van der Waals surface area contributed by atoms with Gasteiger partial charge in [-0.3, -0.25) is 14.2 Å². The van der Waals surface area contributed by atoms with E-state index in [1.54, 1.807) is 34.9 Å². The molecule has 0 saturated carbocycles. The molecular weight excluding hydrogens is 417 g/mol. The number of halogens is 2. The number of benzene rings is 2. The van der Waals surface area contributed by atoms with Gasteiger partial charge < -0.3 is 5.32 Å². The van der Waals surface area contributed by atoms with Crippen LogP contribution in [0.4, 0.5) is 5.69 Å². The Balaban J connectivity index is 1.87. The molecule has 0 radical (unpaired) electrons. The molecule has 1 heterocycles. The van der Waals surface area contributed by atoms with Crippen LogP contribution in [0.25, 0.3) is 10.9 Å². The molecule has 0 spiro atoms. The van der Waals surface area contributed by atoms with Crippen LogP contribution in [0.3, 0.4) is 0 Å². The standard InChI is InChI=1S/C20H19Cl2N3O2S/c1-3-12(2)25-19(27)13-7-4-5-10-16(13)23-20(25)28-11-17(26)24-18-14(21)8-6-9-15(18)22/h4-10,12H,3,11H2,1-2H3,(H,24,26). The normalized spacial score (nSPS) is 12.1. The lowest BCUT2D eigenvalue weighted by Gasteiger charge is -2.18. The van der Waals surface area contributed by atoms with Crippen LogP contribution in [-0.4, -0.2) is 21.2 Å². The molecule has 3 aromatic rings. The van der Waals surface area contributed by atoms with E-state index in [2.05, 4.69) is 10.3 Å². The quantitative estimate of drug-likeness (QED) is 0.415. The maximum absolute atomic E-state index is 12.9. The summed E-state index contributed by atoms with van der Waals surface area (Å²) in [7, 11) is 0. The van der Waals surface area contributed by atoms with E-state index in [9.17, 15) is 9.59 Å².